The minimum atomic E-state index is -0.630. The van der Waals surface area contributed by atoms with Crippen molar-refractivity contribution in [1.82, 2.24) is 10.2 Å². The predicted molar refractivity (Wildman–Crippen MR) is 103 cm³/mol. The van der Waals surface area contributed by atoms with Gasteiger partial charge in [-0.2, -0.15) is 11.8 Å². The fourth-order valence-electron chi connectivity index (χ4n) is 3.31. The number of carbonyl (C=O) groups is 4. The molecular formula is C18H20N4O4S. The van der Waals surface area contributed by atoms with E-state index in [4.69, 9.17) is 5.73 Å². The second-order valence-corrected chi connectivity index (χ2v) is 7.30. The highest BCUT2D eigenvalue weighted by atomic mass is 32.2. The van der Waals surface area contributed by atoms with E-state index in [1.54, 1.807) is 18.2 Å². The van der Waals surface area contributed by atoms with E-state index in [1.165, 1.54) is 28.8 Å². The summed E-state index contributed by atoms with van der Waals surface area (Å²) in [5.74, 6) is -0.932. The minimum Gasteiger partial charge on any atom is -0.366 e. The van der Waals surface area contributed by atoms with E-state index in [0.717, 1.165) is 0 Å². The molecule has 1 saturated heterocycles. The standard InChI is InChI=1S/C18H20N4O4S/c1-27-9-16(24)20-11-7-14-17(25)21-13-4-2-10(3-5-15(19)23)6-12(13)18(26)22(14)8-11/h2-6,11,14H,7-9H2,1H3,(H2,19,23)(H,20,24)(H,21,25). The summed E-state index contributed by atoms with van der Waals surface area (Å²) >= 11 is 1.41. The Morgan fingerprint density at radius 1 is 1.41 bits per heavy atom. The molecule has 2 aliphatic rings. The molecule has 2 atom stereocenters. The van der Waals surface area contributed by atoms with Crippen LogP contribution in [0.2, 0.25) is 0 Å². The molecule has 1 aromatic rings. The molecule has 4 N–H and O–H groups in total. The lowest BCUT2D eigenvalue weighted by atomic mass is 10.1. The van der Waals surface area contributed by atoms with Crippen molar-refractivity contribution in [2.45, 2.75) is 18.5 Å². The maximum Gasteiger partial charge on any atom is 0.256 e. The molecule has 27 heavy (non-hydrogen) atoms. The van der Waals surface area contributed by atoms with Crippen LogP contribution in [0.25, 0.3) is 6.08 Å². The second kappa shape index (κ2) is 7.83. The van der Waals surface area contributed by atoms with Crippen LogP contribution in [-0.4, -0.2) is 59.2 Å². The molecule has 3 rings (SSSR count). The van der Waals surface area contributed by atoms with Crippen molar-refractivity contribution in [3.63, 3.8) is 0 Å². The molecular weight excluding hydrogens is 368 g/mol. The van der Waals surface area contributed by atoms with Crippen LogP contribution in [-0.2, 0) is 14.4 Å². The largest absolute Gasteiger partial charge is 0.366 e. The molecule has 0 spiro atoms. The fraction of sp³-hybridized carbons (Fsp3) is 0.333. The number of benzene rings is 1. The van der Waals surface area contributed by atoms with E-state index in [9.17, 15) is 19.2 Å². The van der Waals surface area contributed by atoms with Gasteiger partial charge in [0.05, 0.1) is 17.0 Å². The van der Waals surface area contributed by atoms with Gasteiger partial charge in [-0.3, -0.25) is 19.2 Å². The van der Waals surface area contributed by atoms with E-state index >= 15 is 0 Å². The molecule has 0 aliphatic carbocycles. The Bertz CT molecular complexity index is 839. The van der Waals surface area contributed by atoms with Crippen LogP contribution >= 0.6 is 11.8 Å². The quantitative estimate of drug-likeness (QED) is 0.622. The number of hydrogen-bond donors (Lipinski definition) is 3. The van der Waals surface area contributed by atoms with Crippen molar-refractivity contribution >= 4 is 47.2 Å². The van der Waals surface area contributed by atoms with Gasteiger partial charge in [-0.15, -0.1) is 0 Å². The maximum absolute atomic E-state index is 13.0. The summed E-state index contributed by atoms with van der Waals surface area (Å²) in [7, 11) is 0. The Hall–Kier alpha value is -2.81. The van der Waals surface area contributed by atoms with Gasteiger partial charge in [0.2, 0.25) is 17.7 Å². The first-order valence-corrected chi connectivity index (χ1v) is 9.80. The number of nitrogens with zero attached hydrogens (tertiary/aromatic N) is 1. The SMILES string of the molecule is CSCC(=O)NC1CC2C(=O)Nc3ccc(C=CC(N)=O)cc3C(=O)N2C1. The fourth-order valence-corrected chi connectivity index (χ4v) is 3.66. The average molecular weight is 388 g/mol. The van der Waals surface area contributed by atoms with Gasteiger partial charge in [0.15, 0.2) is 0 Å². The Kier molecular flexibility index (Phi) is 5.50. The normalized spacial score (nSPS) is 21.4. The second-order valence-electron chi connectivity index (χ2n) is 6.44. The number of primary amides is 1. The highest BCUT2D eigenvalue weighted by molar-refractivity contribution is 7.99. The van der Waals surface area contributed by atoms with Gasteiger partial charge < -0.3 is 21.3 Å². The minimum absolute atomic E-state index is 0.114. The van der Waals surface area contributed by atoms with Crippen LogP contribution in [0.5, 0.6) is 0 Å². The summed E-state index contributed by atoms with van der Waals surface area (Å²) in [5.41, 5.74) is 6.49. The Balaban J connectivity index is 1.84. The van der Waals surface area contributed by atoms with Gasteiger partial charge in [-0.1, -0.05) is 6.07 Å². The van der Waals surface area contributed by atoms with Crippen molar-refractivity contribution in [3.8, 4) is 0 Å². The summed E-state index contributed by atoms with van der Waals surface area (Å²) < 4.78 is 0. The highest BCUT2D eigenvalue weighted by Crippen LogP contribution is 2.30. The number of nitrogens with two attached hydrogens (primary N) is 1. The third kappa shape index (κ3) is 4.13. The first-order valence-electron chi connectivity index (χ1n) is 8.40. The van der Waals surface area contributed by atoms with Crippen LogP contribution in [0, 0.1) is 0 Å². The summed E-state index contributed by atoms with van der Waals surface area (Å²) in [6, 6.07) is 4.04. The predicted octanol–water partition coefficient (Wildman–Crippen LogP) is 0.200. The molecule has 2 aliphatic heterocycles. The summed E-state index contributed by atoms with van der Waals surface area (Å²) in [6.07, 6.45) is 4.92. The average Bonchev–Trinajstić information content (AvgIpc) is 3.00. The number of fused-ring (bicyclic) bond motifs is 2. The van der Waals surface area contributed by atoms with E-state index in [2.05, 4.69) is 10.6 Å². The summed E-state index contributed by atoms with van der Waals surface area (Å²) in [5, 5.41) is 5.65. The maximum atomic E-state index is 13.0. The zero-order chi connectivity index (χ0) is 19.6. The summed E-state index contributed by atoms with van der Waals surface area (Å²) in [6.45, 7) is 0.276. The van der Waals surface area contributed by atoms with Crippen LogP contribution in [0.3, 0.4) is 0 Å². The van der Waals surface area contributed by atoms with E-state index < -0.39 is 11.9 Å². The van der Waals surface area contributed by atoms with E-state index in [-0.39, 0.29) is 30.3 Å². The van der Waals surface area contributed by atoms with Crippen LogP contribution in [0.1, 0.15) is 22.3 Å². The van der Waals surface area contributed by atoms with Gasteiger partial charge in [0.1, 0.15) is 6.04 Å². The first-order chi connectivity index (χ1) is 12.9. The van der Waals surface area contributed by atoms with Gasteiger partial charge >= 0.3 is 0 Å². The van der Waals surface area contributed by atoms with Crippen molar-refractivity contribution in [2.75, 3.05) is 23.9 Å². The number of amides is 4. The van der Waals surface area contributed by atoms with Gasteiger partial charge in [0, 0.05) is 18.7 Å². The topological polar surface area (TPSA) is 122 Å². The third-order valence-corrected chi connectivity index (χ3v) is 5.03. The van der Waals surface area contributed by atoms with Gasteiger partial charge in [0.25, 0.3) is 5.91 Å². The number of hydrogen-bond acceptors (Lipinski definition) is 5. The highest BCUT2D eigenvalue weighted by Gasteiger charge is 2.43. The van der Waals surface area contributed by atoms with Gasteiger partial charge in [-0.05, 0) is 36.4 Å². The van der Waals surface area contributed by atoms with Gasteiger partial charge in [-0.25, -0.2) is 0 Å². The molecule has 142 valence electrons. The molecule has 4 amide bonds. The van der Waals surface area contributed by atoms with Crippen molar-refractivity contribution in [3.05, 3.63) is 35.4 Å². The zero-order valence-electron chi connectivity index (χ0n) is 14.7. The molecule has 8 nitrogen and oxygen atoms in total. The first kappa shape index (κ1) is 19.0. The zero-order valence-corrected chi connectivity index (χ0v) is 15.5. The Morgan fingerprint density at radius 3 is 2.89 bits per heavy atom. The monoisotopic (exact) mass is 388 g/mol. The molecule has 2 heterocycles. The molecule has 9 heteroatoms. The van der Waals surface area contributed by atoms with E-state index in [1.807, 2.05) is 6.26 Å². The summed E-state index contributed by atoms with van der Waals surface area (Å²) in [4.78, 5) is 49.8. The van der Waals surface area contributed by atoms with Crippen LogP contribution < -0.4 is 16.4 Å². The lowest BCUT2D eigenvalue weighted by Gasteiger charge is -2.20. The molecule has 0 saturated carbocycles. The number of nitrogens with one attached hydrogen (secondary N) is 2. The Morgan fingerprint density at radius 2 is 2.19 bits per heavy atom. The van der Waals surface area contributed by atoms with Crippen molar-refractivity contribution in [1.29, 1.82) is 0 Å². The molecule has 2 unspecified atom stereocenters. The molecule has 1 aromatic carbocycles. The molecule has 0 radical (unpaired) electrons. The lowest BCUT2D eigenvalue weighted by Crippen LogP contribution is -2.41. The molecule has 1 fully saturated rings. The number of rotatable bonds is 5. The number of thioether (sulfide) groups is 1. The van der Waals surface area contributed by atoms with Crippen LogP contribution in [0.15, 0.2) is 24.3 Å². The van der Waals surface area contributed by atoms with Crippen LogP contribution in [0.4, 0.5) is 5.69 Å². The molecule has 0 bridgehead atoms. The van der Waals surface area contributed by atoms with Crippen molar-refractivity contribution < 1.29 is 19.2 Å². The molecule has 0 aromatic heterocycles. The number of carbonyl (C=O) groups excluding carboxylic acids is 4. The van der Waals surface area contributed by atoms with E-state index in [0.29, 0.717) is 29.0 Å². The van der Waals surface area contributed by atoms with Crippen molar-refractivity contribution in [2.24, 2.45) is 5.73 Å². The third-order valence-electron chi connectivity index (χ3n) is 4.48. The Labute approximate surface area is 160 Å². The number of anilines is 1. The lowest BCUT2D eigenvalue weighted by molar-refractivity contribution is -0.120. The smallest absolute Gasteiger partial charge is 0.256 e.